The third-order valence-corrected chi connectivity index (χ3v) is 3.81. The Bertz CT molecular complexity index is 464. The molecule has 1 aliphatic rings. The summed E-state index contributed by atoms with van der Waals surface area (Å²) in [4.78, 5) is 6.40. The van der Waals surface area contributed by atoms with Crippen molar-refractivity contribution < 1.29 is 9.47 Å². The first kappa shape index (κ1) is 19.7. The van der Waals surface area contributed by atoms with Crippen molar-refractivity contribution in [1.82, 2.24) is 10.2 Å². The Morgan fingerprint density at radius 1 is 1.36 bits per heavy atom. The van der Waals surface area contributed by atoms with E-state index in [-0.39, 0.29) is 30.1 Å². The molecule has 1 atom stereocenters. The highest BCUT2D eigenvalue weighted by atomic mass is 127. The maximum Gasteiger partial charge on any atom is 0.193 e. The van der Waals surface area contributed by atoms with Crippen molar-refractivity contribution in [3.63, 3.8) is 0 Å². The van der Waals surface area contributed by atoms with E-state index in [1.54, 1.807) is 7.05 Å². The quantitative estimate of drug-likeness (QED) is 0.406. The number of halogens is 2. The van der Waals surface area contributed by atoms with E-state index in [0.717, 1.165) is 17.0 Å². The molecular weight excluding hydrogens is 461 g/mol. The average Bonchev–Trinajstić information content (AvgIpc) is 2.51. The summed E-state index contributed by atoms with van der Waals surface area (Å²) in [6, 6.07) is 8.30. The number of nitrogens with zero attached hydrogens (tertiary/aromatic N) is 2. The van der Waals surface area contributed by atoms with Crippen LogP contribution >= 0.6 is 39.9 Å². The van der Waals surface area contributed by atoms with Crippen molar-refractivity contribution in [2.75, 3.05) is 40.5 Å². The standard InChI is InChI=1S/C15H22BrN3O2.HI/c1-17-15(18-9-14-11-20-7-8-21-14)19(2)10-12-3-5-13(16)6-4-12;/h3-6,14H,7-11H2,1-2H3,(H,17,18);1H. The normalized spacial score (nSPS) is 18.5. The zero-order valence-electron chi connectivity index (χ0n) is 12.9. The molecule has 0 bridgehead atoms. The van der Waals surface area contributed by atoms with Crippen LogP contribution in [-0.2, 0) is 16.0 Å². The first-order chi connectivity index (χ1) is 10.2. The number of rotatable bonds is 4. The van der Waals surface area contributed by atoms with Gasteiger partial charge in [-0.1, -0.05) is 28.1 Å². The van der Waals surface area contributed by atoms with Crippen LogP contribution in [0.15, 0.2) is 33.7 Å². The molecule has 0 aliphatic carbocycles. The minimum absolute atomic E-state index is 0. The molecule has 2 rings (SSSR count). The predicted octanol–water partition coefficient (Wildman–Crippen LogP) is 2.49. The maximum atomic E-state index is 5.62. The lowest BCUT2D eigenvalue weighted by Crippen LogP contribution is -2.45. The van der Waals surface area contributed by atoms with E-state index in [2.05, 4.69) is 43.3 Å². The lowest BCUT2D eigenvalue weighted by Gasteiger charge is -2.27. The Balaban J connectivity index is 0.00000242. The largest absolute Gasteiger partial charge is 0.376 e. The van der Waals surface area contributed by atoms with Gasteiger partial charge in [-0.05, 0) is 17.7 Å². The number of ether oxygens (including phenoxy) is 2. The second-order valence-electron chi connectivity index (χ2n) is 4.98. The van der Waals surface area contributed by atoms with Gasteiger partial charge in [-0.2, -0.15) is 0 Å². The zero-order valence-corrected chi connectivity index (χ0v) is 16.8. The smallest absolute Gasteiger partial charge is 0.193 e. The summed E-state index contributed by atoms with van der Waals surface area (Å²) < 4.78 is 12.1. The molecule has 0 aromatic heterocycles. The minimum Gasteiger partial charge on any atom is -0.376 e. The van der Waals surface area contributed by atoms with E-state index < -0.39 is 0 Å². The summed E-state index contributed by atoms with van der Waals surface area (Å²) in [5, 5.41) is 3.33. The average molecular weight is 484 g/mol. The van der Waals surface area contributed by atoms with Crippen molar-refractivity contribution in [1.29, 1.82) is 0 Å². The fourth-order valence-electron chi connectivity index (χ4n) is 2.18. The summed E-state index contributed by atoms with van der Waals surface area (Å²) in [5.74, 6) is 0.854. The summed E-state index contributed by atoms with van der Waals surface area (Å²) in [6.45, 7) is 3.50. The fourth-order valence-corrected chi connectivity index (χ4v) is 2.45. The Hall–Kier alpha value is -0.380. The molecule has 0 spiro atoms. The van der Waals surface area contributed by atoms with Crippen LogP contribution < -0.4 is 5.32 Å². The summed E-state index contributed by atoms with van der Waals surface area (Å²) in [6.07, 6.45) is 0.0941. The van der Waals surface area contributed by atoms with Gasteiger partial charge in [-0.15, -0.1) is 24.0 Å². The third kappa shape index (κ3) is 6.39. The van der Waals surface area contributed by atoms with Crippen molar-refractivity contribution in [2.45, 2.75) is 12.6 Å². The highest BCUT2D eigenvalue weighted by Crippen LogP contribution is 2.11. The van der Waals surface area contributed by atoms with Crippen LogP contribution in [0.2, 0.25) is 0 Å². The second kappa shape index (κ2) is 10.4. The van der Waals surface area contributed by atoms with Crippen molar-refractivity contribution in [2.24, 2.45) is 4.99 Å². The van der Waals surface area contributed by atoms with Crippen molar-refractivity contribution in [3.05, 3.63) is 34.3 Å². The summed E-state index contributed by atoms with van der Waals surface area (Å²) >= 11 is 3.45. The van der Waals surface area contributed by atoms with Crippen molar-refractivity contribution in [3.8, 4) is 0 Å². The first-order valence-corrected chi connectivity index (χ1v) is 7.84. The SMILES string of the molecule is CN=C(NCC1COCCO1)N(C)Cc1ccc(Br)cc1.I. The van der Waals surface area contributed by atoms with Crippen LogP contribution in [0.25, 0.3) is 0 Å². The van der Waals surface area contributed by atoms with Crippen LogP contribution in [0.3, 0.4) is 0 Å². The van der Waals surface area contributed by atoms with Gasteiger partial charge in [0.15, 0.2) is 5.96 Å². The topological polar surface area (TPSA) is 46.1 Å². The third-order valence-electron chi connectivity index (χ3n) is 3.28. The molecular formula is C15H23BrIN3O2. The maximum absolute atomic E-state index is 5.62. The van der Waals surface area contributed by atoms with Crippen LogP contribution in [0.1, 0.15) is 5.56 Å². The van der Waals surface area contributed by atoms with E-state index in [9.17, 15) is 0 Å². The molecule has 1 N–H and O–H groups in total. The van der Waals surface area contributed by atoms with Crippen LogP contribution in [0.4, 0.5) is 0 Å². The van der Waals surface area contributed by atoms with E-state index in [4.69, 9.17) is 9.47 Å². The second-order valence-corrected chi connectivity index (χ2v) is 5.89. The number of nitrogens with one attached hydrogen (secondary N) is 1. The molecule has 0 radical (unpaired) electrons. The number of hydrogen-bond donors (Lipinski definition) is 1. The Morgan fingerprint density at radius 2 is 2.09 bits per heavy atom. The lowest BCUT2D eigenvalue weighted by molar-refractivity contribution is -0.0851. The monoisotopic (exact) mass is 483 g/mol. The fraction of sp³-hybridized carbons (Fsp3) is 0.533. The Morgan fingerprint density at radius 3 is 2.68 bits per heavy atom. The molecule has 1 fully saturated rings. The highest BCUT2D eigenvalue weighted by molar-refractivity contribution is 14.0. The molecule has 0 saturated carbocycles. The molecule has 1 aliphatic heterocycles. The Labute approximate surface area is 157 Å². The highest BCUT2D eigenvalue weighted by Gasteiger charge is 2.15. The molecule has 0 amide bonds. The first-order valence-electron chi connectivity index (χ1n) is 7.04. The summed E-state index contributed by atoms with van der Waals surface area (Å²) in [7, 11) is 3.81. The molecule has 1 unspecified atom stereocenters. The predicted molar refractivity (Wildman–Crippen MR) is 103 cm³/mol. The summed E-state index contributed by atoms with van der Waals surface area (Å²) in [5.41, 5.74) is 1.24. The van der Waals surface area contributed by atoms with E-state index in [0.29, 0.717) is 26.4 Å². The minimum atomic E-state index is 0. The van der Waals surface area contributed by atoms with Gasteiger partial charge < -0.3 is 19.7 Å². The van der Waals surface area contributed by atoms with Gasteiger partial charge in [-0.3, -0.25) is 4.99 Å². The van der Waals surface area contributed by atoms with Crippen LogP contribution in [-0.4, -0.2) is 57.4 Å². The van der Waals surface area contributed by atoms with E-state index >= 15 is 0 Å². The zero-order chi connectivity index (χ0) is 15.1. The molecule has 1 aromatic carbocycles. The molecule has 5 nitrogen and oxygen atoms in total. The molecule has 124 valence electrons. The number of aliphatic imine (C=N–C) groups is 1. The molecule has 7 heteroatoms. The lowest BCUT2D eigenvalue weighted by atomic mass is 10.2. The molecule has 1 heterocycles. The molecule has 22 heavy (non-hydrogen) atoms. The number of benzene rings is 1. The number of guanidine groups is 1. The van der Waals surface area contributed by atoms with Gasteiger partial charge in [-0.25, -0.2) is 0 Å². The van der Waals surface area contributed by atoms with E-state index in [1.165, 1.54) is 5.56 Å². The molecule has 1 aromatic rings. The van der Waals surface area contributed by atoms with Gasteiger partial charge in [0.25, 0.3) is 0 Å². The van der Waals surface area contributed by atoms with Gasteiger partial charge in [0.2, 0.25) is 0 Å². The number of hydrogen-bond acceptors (Lipinski definition) is 3. The molecule has 1 saturated heterocycles. The van der Waals surface area contributed by atoms with E-state index in [1.807, 2.05) is 19.2 Å². The van der Waals surface area contributed by atoms with Crippen LogP contribution in [0, 0.1) is 0 Å². The van der Waals surface area contributed by atoms with Gasteiger partial charge in [0.05, 0.1) is 25.9 Å². The van der Waals surface area contributed by atoms with Gasteiger partial charge >= 0.3 is 0 Å². The van der Waals surface area contributed by atoms with Gasteiger partial charge in [0, 0.05) is 31.7 Å². The van der Waals surface area contributed by atoms with Crippen LogP contribution in [0.5, 0.6) is 0 Å². The Kier molecular flexibility index (Phi) is 9.30. The van der Waals surface area contributed by atoms with Gasteiger partial charge in [0.1, 0.15) is 0 Å². The van der Waals surface area contributed by atoms with Crippen molar-refractivity contribution >= 4 is 45.9 Å².